The highest BCUT2D eigenvalue weighted by molar-refractivity contribution is 6.10. The van der Waals surface area contributed by atoms with Crippen molar-refractivity contribution in [2.75, 3.05) is 7.11 Å². The summed E-state index contributed by atoms with van der Waals surface area (Å²) in [5, 5.41) is 2.36. The number of methoxy groups -OCH3 is 1. The van der Waals surface area contributed by atoms with E-state index in [2.05, 4.69) is 34.9 Å². The molecule has 0 atom stereocenters. The first kappa shape index (κ1) is 15.3. The van der Waals surface area contributed by atoms with Crippen LogP contribution in [0.25, 0.3) is 21.8 Å². The Morgan fingerprint density at radius 3 is 2.58 bits per heavy atom. The fourth-order valence-corrected chi connectivity index (χ4v) is 4.12. The van der Waals surface area contributed by atoms with Crippen molar-refractivity contribution in [3.63, 3.8) is 0 Å². The maximum Gasteiger partial charge on any atom is 0.337 e. The van der Waals surface area contributed by atoms with Gasteiger partial charge in [-0.25, -0.2) is 4.79 Å². The molecule has 0 aliphatic heterocycles. The highest BCUT2D eigenvalue weighted by Crippen LogP contribution is 2.33. The SMILES string of the molecule is COC(=O)c1ccc2c(c1)c1ccccc1n2CC1CCCCC1. The van der Waals surface area contributed by atoms with Gasteiger partial charge in [-0.2, -0.15) is 0 Å². The van der Waals surface area contributed by atoms with Gasteiger partial charge in [-0.3, -0.25) is 0 Å². The van der Waals surface area contributed by atoms with Crippen LogP contribution in [0.4, 0.5) is 0 Å². The monoisotopic (exact) mass is 321 g/mol. The minimum Gasteiger partial charge on any atom is -0.465 e. The van der Waals surface area contributed by atoms with Gasteiger partial charge in [-0.15, -0.1) is 0 Å². The summed E-state index contributed by atoms with van der Waals surface area (Å²) in [5.41, 5.74) is 3.10. The average molecular weight is 321 g/mol. The number of rotatable bonds is 3. The number of para-hydroxylation sites is 1. The number of carbonyl (C=O) groups excluding carboxylic acids is 1. The molecule has 0 saturated heterocycles. The van der Waals surface area contributed by atoms with Crippen LogP contribution in [0.5, 0.6) is 0 Å². The standard InChI is InChI=1S/C21H23NO2/c1-24-21(23)16-11-12-20-18(13-16)17-9-5-6-10-19(17)22(20)14-15-7-3-2-4-8-15/h5-6,9-13,15H,2-4,7-8,14H2,1H3. The first-order valence-electron chi connectivity index (χ1n) is 8.87. The molecule has 1 saturated carbocycles. The summed E-state index contributed by atoms with van der Waals surface area (Å²) >= 11 is 0. The maximum atomic E-state index is 11.9. The van der Waals surface area contributed by atoms with Crippen LogP contribution in [-0.2, 0) is 11.3 Å². The molecule has 3 heteroatoms. The molecule has 3 nitrogen and oxygen atoms in total. The van der Waals surface area contributed by atoms with E-state index in [1.807, 2.05) is 12.1 Å². The molecule has 2 aromatic carbocycles. The lowest BCUT2D eigenvalue weighted by molar-refractivity contribution is 0.0601. The normalized spacial score (nSPS) is 15.9. The molecule has 0 amide bonds. The molecule has 1 fully saturated rings. The zero-order valence-corrected chi connectivity index (χ0v) is 14.1. The number of fused-ring (bicyclic) bond motifs is 3. The summed E-state index contributed by atoms with van der Waals surface area (Å²) in [4.78, 5) is 11.9. The second kappa shape index (κ2) is 6.31. The van der Waals surface area contributed by atoms with E-state index < -0.39 is 0 Å². The summed E-state index contributed by atoms with van der Waals surface area (Å²) in [7, 11) is 1.43. The lowest BCUT2D eigenvalue weighted by Crippen LogP contribution is -2.14. The van der Waals surface area contributed by atoms with Crippen molar-refractivity contribution < 1.29 is 9.53 Å². The van der Waals surface area contributed by atoms with Gasteiger partial charge in [-0.1, -0.05) is 37.5 Å². The van der Waals surface area contributed by atoms with Crippen LogP contribution in [0.1, 0.15) is 42.5 Å². The Morgan fingerprint density at radius 2 is 1.79 bits per heavy atom. The van der Waals surface area contributed by atoms with Crippen molar-refractivity contribution in [2.24, 2.45) is 5.92 Å². The fourth-order valence-electron chi connectivity index (χ4n) is 4.12. The van der Waals surface area contributed by atoms with Crippen LogP contribution < -0.4 is 0 Å². The van der Waals surface area contributed by atoms with Gasteiger partial charge in [0.25, 0.3) is 0 Å². The molecule has 1 aromatic heterocycles. The highest BCUT2D eigenvalue weighted by Gasteiger charge is 2.18. The molecule has 0 spiro atoms. The summed E-state index contributed by atoms with van der Waals surface area (Å²) in [6, 6.07) is 14.4. The lowest BCUT2D eigenvalue weighted by Gasteiger charge is -2.23. The molecule has 4 rings (SSSR count). The van der Waals surface area contributed by atoms with Crippen molar-refractivity contribution >= 4 is 27.8 Å². The Labute approximate surface area is 142 Å². The van der Waals surface area contributed by atoms with E-state index in [0.717, 1.165) is 17.8 Å². The summed E-state index contributed by atoms with van der Waals surface area (Å²) in [6.07, 6.45) is 6.75. The van der Waals surface area contributed by atoms with E-state index >= 15 is 0 Å². The summed E-state index contributed by atoms with van der Waals surface area (Å²) in [6.45, 7) is 1.07. The first-order chi connectivity index (χ1) is 11.8. The quantitative estimate of drug-likeness (QED) is 0.624. The number of nitrogens with zero attached hydrogens (tertiary/aromatic N) is 1. The molecule has 1 heterocycles. The largest absolute Gasteiger partial charge is 0.465 e. The molecule has 124 valence electrons. The van der Waals surface area contributed by atoms with Crippen LogP contribution in [0, 0.1) is 5.92 Å². The van der Waals surface area contributed by atoms with Gasteiger partial charge >= 0.3 is 5.97 Å². The molecule has 3 aromatic rings. The van der Waals surface area contributed by atoms with Gasteiger partial charge in [0.2, 0.25) is 0 Å². The number of esters is 1. The minimum atomic E-state index is -0.277. The van der Waals surface area contributed by atoms with Gasteiger partial charge in [0.05, 0.1) is 12.7 Å². The molecule has 24 heavy (non-hydrogen) atoms. The Bertz CT molecular complexity index is 887. The highest BCUT2D eigenvalue weighted by atomic mass is 16.5. The predicted octanol–water partition coefficient (Wildman–Crippen LogP) is 5.16. The van der Waals surface area contributed by atoms with E-state index in [1.165, 1.54) is 55.6 Å². The van der Waals surface area contributed by atoms with Crippen molar-refractivity contribution in [1.29, 1.82) is 0 Å². The third-order valence-corrected chi connectivity index (χ3v) is 5.36. The molecule has 0 unspecified atom stereocenters. The average Bonchev–Trinajstić information content (AvgIpc) is 2.95. The van der Waals surface area contributed by atoms with Gasteiger partial charge in [0.15, 0.2) is 0 Å². The molecular weight excluding hydrogens is 298 g/mol. The molecule has 0 N–H and O–H groups in total. The van der Waals surface area contributed by atoms with Gasteiger partial charge in [0.1, 0.15) is 0 Å². The first-order valence-corrected chi connectivity index (χ1v) is 8.87. The Balaban J connectivity index is 1.85. The molecular formula is C21H23NO2. The number of aromatic nitrogens is 1. The second-order valence-corrected chi connectivity index (χ2v) is 6.86. The Hall–Kier alpha value is -2.29. The maximum absolute atomic E-state index is 11.9. The van der Waals surface area contributed by atoms with Crippen LogP contribution >= 0.6 is 0 Å². The van der Waals surface area contributed by atoms with Gasteiger partial charge in [-0.05, 0) is 43.0 Å². The van der Waals surface area contributed by atoms with Gasteiger partial charge in [0, 0.05) is 28.4 Å². The van der Waals surface area contributed by atoms with Crippen LogP contribution in [0.3, 0.4) is 0 Å². The minimum absolute atomic E-state index is 0.277. The zero-order valence-electron chi connectivity index (χ0n) is 14.1. The summed E-state index contributed by atoms with van der Waals surface area (Å²) in [5.74, 6) is 0.485. The molecule has 1 aliphatic carbocycles. The predicted molar refractivity (Wildman–Crippen MR) is 97.4 cm³/mol. The Kier molecular flexibility index (Phi) is 4.01. The molecule has 0 radical (unpaired) electrons. The lowest BCUT2D eigenvalue weighted by atomic mass is 9.89. The topological polar surface area (TPSA) is 31.2 Å². The summed E-state index contributed by atoms with van der Waals surface area (Å²) < 4.78 is 7.33. The van der Waals surface area contributed by atoms with E-state index in [0.29, 0.717) is 5.56 Å². The van der Waals surface area contributed by atoms with Crippen molar-refractivity contribution in [2.45, 2.75) is 38.6 Å². The number of hydrogen-bond acceptors (Lipinski definition) is 2. The van der Waals surface area contributed by atoms with Crippen molar-refractivity contribution in [3.8, 4) is 0 Å². The van der Waals surface area contributed by atoms with E-state index in [1.54, 1.807) is 0 Å². The molecule has 0 bridgehead atoms. The second-order valence-electron chi connectivity index (χ2n) is 6.86. The van der Waals surface area contributed by atoms with E-state index in [4.69, 9.17) is 4.74 Å². The number of hydrogen-bond donors (Lipinski definition) is 0. The number of ether oxygens (including phenoxy) is 1. The third-order valence-electron chi connectivity index (χ3n) is 5.36. The number of benzene rings is 2. The van der Waals surface area contributed by atoms with Gasteiger partial charge < -0.3 is 9.30 Å². The van der Waals surface area contributed by atoms with E-state index in [-0.39, 0.29) is 5.97 Å². The smallest absolute Gasteiger partial charge is 0.337 e. The van der Waals surface area contributed by atoms with Crippen molar-refractivity contribution in [3.05, 3.63) is 48.0 Å². The fraction of sp³-hybridized carbons (Fsp3) is 0.381. The zero-order chi connectivity index (χ0) is 16.5. The number of carbonyl (C=O) groups is 1. The Morgan fingerprint density at radius 1 is 1.04 bits per heavy atom. The van der Waals surface area contributed by atoms with Crippen LogP contribution in [0.15, 0.2) is 42.5 Å². The van der Waals surface area contributed by atoms with E-state index in [9.17, 15) is 4.79 Å². The third kappa shape index (κ3) is 2.58. The van der Waals surface area contributed by atoms with Crippen molar-refractivity contribution in [1.82, 2.24) is 4.57 Å². The van der Waals surface area contributed by atoms with Crippen LogP contribution in [-0.4, -0.2) is 17.6 Å². The molecule has 1 aliphatic rings. The van der Waals surface area contributed by atoms with Crippen LogP contribution in [0.2, 0.25) is 0 Å².